The number of carboxylic acids is 1. The number of aryl methyl sites for hydroxylation is 1. The third-order valence-electron chi connectivity index (χ3n) is 2.75. The van der Waals surface area contributed by atoms with Gasteiger partial charge in [-0.2, -0.15) is 0 Å². The first kappa shape index (κ1) is 17.0. The minimum absolute atomic E-state index is 0.0562. The Morgan fingerprint density at radius 1 is 1.00 bits per heavy atom. The van der Waals surface area contributed by atoms with E-state index in [1.54, 1.807) is 19.1 Å². The van der Waals surface area contributed by atoms with E-state index in [9.17, 15) is 9.59 Å². The summed E-state index contributed by atoms with van der Waals surface area (Å²) in [5.74, 6) is -1.46. The van der Waals surface area contributed by atoms with Crippen LogP contribution in [0.4, 0.5) is 0 Å². The van der Waals surface area contributed by atoms with E-state index in [4.69, 9.17) is 15.3 Å². The van der Waals surface area contributed by atoms with Crippen LogP contribution in [0.3, 0.4) is 0 Å². The molecule has 0 saturated heterocycles. The van der Waals surface area contributed by atoms with Crippen LogP contribution < -0.4 is 0 Å². The number of carboxylic acid groups (broad SMARTS) is 1. The molecule has 0 saturated carbocycles. The fourth-order valence-electron chi connectivity index (χ4n) is 1.64. The number of esters is 1. The number of phenols is 2. The maximum absolute atomic E-state index is 10.9. The van der Waals surface area contributed by atoms with Crippen molar-refractivity contribution in [3.05, 3.63) is 59.2 Å². The normalized spacial score (nSPS) is 9.36. The van der Waals surface area contributed by atoms with E-state index in [1.165, 1.54) is 37.4 Å². The number of hydrogen-bond donors (Lipinski definition) is 3. The van der Waals surface area contributed by atoms with Gasteiger partial charge < -0.3 is 20.1 Å². The minimum Gasteiger partial charge on any atom is -0.508 e. The maximum Gasteiger partial charge on any atom is 0.341 e. The van der Waals surface area contributed by atoms with Gasteiger partial charge in [0, 0.05) is 0 Å². The molecule has 0 radical (unpaired) electrons. The number of benzene rings is 2. The van der Waals surface area contributed by atoms with Crippen LogP contribution in [-0.2, 0) is 4.74 Å². The van der Waals surface area contributed by atoms with Crippen molar-refractivity contribution in [3.63, 3.8) is 0 Å². The summed E-state index contributed by atoms with van der Waals surface area (Å²) in [6.45, 7) is 1.64. The maximum atomic E-state index is 10.9. The predicted molar refractivity (Wildman–Crippen MR) is 79.2 cm³/mol. The fraction of sp³-hybridized carbons (Fsp3) is 0.125. The number of ether oxygens (including phenoxy) is 1. The van der Waals surface area contributed by atoms with Crippen LogP contribution in [0.2, 0.25) is 0 Å². The molecule has 6 heteroatoms. The quantitative estimate of drug-likeness (QED) is 0.737. The largest absolute Gasteiger partial charge is 0.508 e. The molecule has 2 aromatic rings. The highest BCUT2D eigenvalue weighted by molar-refractivity contribution is 5.92. The summed E-state index contributed by atoms with van der Waals surface area (Å²) < 4.78 is 4.42. The van der Waals surface area contributed by atoms with Crippen LogP contribution in [0.15, 0.2) is 42.5 Å². The average Bonchev–Trinajstić information content (AvgIpc) is 2.47. The van der Waals surface area contributed by atoms with Crippen molar-refractivity contribution in [2.45, 2.75) is 6.92 Å². The van der Waals surface area contributed by atoms with Gasteiger partial charge in [-0.15, -0.1) is 0 Å². The van der Waals surface area contributed by atoms with E-state index < -0.39 is 11.9 Å². The molecule has 3 N–H and O–H groups in total. The second kappa shape index (κ2) is 7.68. The van der Waals surface area contributed by atoms with Gasteiger partial charge in [0.15, 0.2) is 0 Å². The van der Waals surface area contributed by atoms with Crippen LogP contribution in [0, 0.1) is 6.92 Å². The molecule has 0 fully saturated rings. The zero-order valence-electron chi connectivity index (χ0n) is 12.1. The second-order valence-electron chi connectivity index (χ2n) is 4.31. The summed E-state index contributed by atoms with van der Waals surface area (Å²) in [4.78, 5) is 21.3. The highest BCUT2D eigenvalue weighted by atomic mass is 16.5. The van der Waals surface area contributed by atoms with Gasteiger partial charge in [0.2, 0.25) is 0 Å². The number of phenolic OH excluding ortho intramolecular Hbond substituents is 2. The molecule has 0 aliphatic heterocycles. The molecule has 2 aromatic carbocycles. The number of para-hydroxylation sites is 1. The molecule has 0 bridgehead atoms. The standard InChI is InChI=1S/2C8H8O3/c1-5-4-6(9)2-3-7(5)8(10)11;1-11-8(10)6-4-2-3-5-7(6)9/h2-4,9H,1H3,(H,10,11);2-5,9H,1H3. The first-order valence-electron chi connectivity index (χ1n) is 6.26. The Bertz CT molecular complexity index is 678. The third kappa shape index (κ3) is 4.52. The Morgan fingerprint density at radius 2 is 1.64 bits per heavy atom. The molecular weight excluding hydrogens is 288 g/mol. The molecule has 6 nitrogen and oxygen atoms in total. The molecule has 0 amide bonds. The number of aromatic carboxylic acids is 1. The molecule has 0 spiro atoms. The van der Waals surface area contributed by atoms with E-state index in [-0.39, 0.29) is 22.6 Å². The van der Waals surface area contributed by atoms with E-state index in [0.717, 1.165) is 0 Å². The Kier molecular flexibility index (Phi) is 5.95. The van der Waals surface area contributed by atoms with E-state index in [2.05, 4.69) is 4.74 Å². The molecule has 0 aliphatic carbocycles. The van der Waals surface area contributed by atoms with E-state index >= 15 is 0 Å². The molecule has 0 atom stereocenters. The lowest BCUT2D eigenvalue weighted by Gasteiger charge is -1.99. The smallest absolute Gasteiger partial charge is 0.341 e. The van der Waals surface area contributed by atoms with Gasteiger partial charge in [-0.3, -0.25) is 0 Å². The first-order chi connectivity index (χ1) is 10.4. The zero-order valence-corrected chi connectivity index (χ0v) is 12.1. The fourth-order valence-corrected chi connectivity index (χ4v) is 1.64. The molecule has 0 aromatic heterocycles. The highest BCUT2D eigenvalue weighted by Crippen LogP contribution is 2.16. The van der Waals surface area contributed by atoms with Crippen molar-refractivity contribution in [1.82, 2.24) is 0 Å². The first-order valence-corrected chi connectivity index (χ1v) is 6.26. The number of carbonyl (C=O) groups excluding carboxylic acids is 1. The molecule has 0 unspecified atom stereocenters. The second-order valence-corrected chi connectivity index (χ2v) is 4.31. The lowest BCUT2D eigenvalue weighted by Crippen LogP contribution is -2.00. The number of methoxy groups -OCH3 is 1. The number of hydrogen-bond acceptors (Lipinski definition) is 5. The van der Waals surface area contributed by atoms with Crippen LogP contribution in [0.1, 0.15) is 26.3 Å². The summed E-state index contributed by atoms with van der Waals surface area (Å²) in [7, 11) is 1.27. The van der Waals surface area contributed by atoms with Crippen LogP contribution in [0.25, 0.3) is 0 Å². The Morgan fingerprint density at radius 3 is 2.14 bits per heavy atom. The summed E-state index contributed by atoms with van der Waals surface area (Å²) in [6, 6.07) is 10.4. The van der Waals surface area contributed by atoms with Gasteiger partial charge in [0.05, 0.1) is 12.7 Å². The molecular formula is C16H16O6. The van der Waals surface area contributed by atoms with Crippen molar-refractivity contribution < 1.29 is 29.6 Å². The number of carbonyl (C=O) groups is 2. The van der Waals surface area contributed by atoms with Crippen molar-refractivity contribution >= 4 is 11.9 Å². The van der Waals surface area contributed by atoms with Crippen LogP contribution in [0.5, 0.6) is 11.5 Å². The topological polar surface area (TPSA) is 104 Å². The summed E-state index contributed by atoms with van der Waals surface area (Å²) in [6.07, 6.45) is 0. The predicted octanol–water partition coefficient (Wildman–Crippen LogP) is 2.58. The van der Waals surface area contributed by atoms with Crippen LogP contribution in [-0.4, -0.2) is 34.4 Å². The van der Waals surface area contributed by atoms with Crippen molar-refractivity contribution in [1.29, 1.82) is 0 Å². The Hall–Kier alpha value is -3.02. The monoisotopic (exact) mass is 304 g/mol. The van der Waals surface area contributed by atoms with Crippen molar-refractivity contribution in [2.75, 3.05) is 7.11 Å². The Balaban J connectivity index is 0.000000220. The lowest BCUT2D eigenvalue weighted by molar-refractivity contribution is 0.0596. The van der Waals surface area contributed by atoms with E-state index in [0.29, 0.717) is 5.56 Å². The van der Waals surface area contributed by atoms with E-state index in [1.807, 2.05) is 0 Å². The van der Waals surface area contributed by atoms with Crippen molar-refractivity contribution in [2.24, 2.45) is 0 Å². The van der Waals surface area contributed by atoms with Crippen LogP contribution >= 0.6 is 0 Å². The van der Waals surface area contributed by atoms with Gasteiger partial charge >= 0.3 is 11.9 Å². The van der Waals surface area contributed by atoms with Gasteiger partial charge in [-0.1, -0.05) is 12.1 Å². The zero-order chi connectivity index (χ0) is 16.7. The average molecular weight is 304 g/mol. The molecule has 22 heavy (non-hydrogen) atoms. The Labute approximate surface area is 127 Å². The van der Waals surface area contributed by atoms with Gasteiger partial charge in [0.1, 0.15) is 17.1 Å². The summed E-state index contributed by atoms with van der Waals surface area (Å²) >= 11 is 0. The minimum atomic E-state index is -0.970. The van der Waals surface area contributed by atoms with Crippen molar-refractivity contribution in [3.8, 4) is 11.5 Å². The molecule has 2 rings (SSSR count). The van der Waals surface area contributed by atoms with Gasteiger partial charge in [0.25, 0.3) is 0 Å². The molecule has 0 aliphatic rings. The molecule has 0 heterocycles. The SMILES string of the molecule is COC(=O)c1ccccc1O.Cc1cc(O)ccc1C(=O)O. The highest BCUT2D eigenvalue weighted by Gasteiger charge is 2.08. The van der Waals surface area contributed by atoms with Gasteiger partial charge in [-0.25, -0.2) is 9.59 Å². The van der Waals surface area contributed by atoms with Gasteiger partial charge in [-0.05, 0) is 42.8 Å². The lowest BCUT2D eigenvalue weighted by atomic mass is 10.1. The summed E-state index contributed by atoms with van der Waals surface area (Å²) in [5, 5.41) is 26.6. The summed E-state index contributed by atoms with van der Waals surface area (Å²) in [5.41, 5.74) is 0.982. The number of aromatic hydroxyl groups is 2. The number of rotatable bonds is 2. The third-order valence-corrected chi connectivity index (χ3v) is 2.75. The molecule has 116 valence electrons.